The van der Waals surface area contributed by atoms with Crippen LogP contribution in [0.1, 0.15) is 61.9 Å². The Labute approximate surface area is 378 Å². The number of H-pyrrole nitrogens is 1. The molecule has 2 aromatic heterocycles. The first-order valence-electron chi connectivity index (χ1n) is 21.6. The van der Waals surface area contributed by atoms with Gasteiger partial charge in [0.2, 0.25) is 0 Å². The average molecular weight is 907 g/mol. The molecule has 4 aromatic carbocycles. The summed E-state index contributed by atoms with van der Waals surface area (Å²) in [4.78, 5) is 26.5. The summed E-state index contributed by atoms with van der Waals surface area (Å²) in [6, 6.07) is 25.8. The van der Waals surface area contributed by atoms with Crippen molar-refractivity contribution in [2.75, 3.05) is 57.4 Å². The highest BCUT2D eigenvalue weighted by Gasteiger charge is 2.30. The van der Waals surface area contributed by atoms with Crippen LogP contribution >= 0.6 is 22.9 Å². The van der Waals surface area contributed by atoms with Crippen molar-refractivity contribution >= 4 is 61.0 Å². The summed E-state index contributed by atoms with van der Waals surface area (Å²) in [5, 5.41) is 4.13. The van der Waals surface area contributed by atoms with E-state index in [2.05, 4.69) is 50.5 Å². The molecule has 0 atom stereocenters. The average Bonchev–Trinajstić information content (AvgIpc) is 4.00. The normalized spacial score (nSPS) is 17.5. The summed E-state index contributed by atoms with van der Waals surface area (Å²) in [6.45, 7) is 10.8. The SMILES string of the molecule is CC1(C)CCC(CN2CCN(c3ccc(C(=O)NS(=O)(=O)c4ccc(OCC5CCOCC5)c(-c5nccs5)c4)c(Oc4ccc5[nH]ccc5c4)c3)CC2)=C(c2ccc(Cl)cc2)C1. The van der Waals surface area contributed by atoms with Gasteiger partial charge < -0.3 is 24.1 Å². The van der Waals surface area contributed by atoms with E-state index in [1.807, 2.05) is 60.1 Å². The number of halogens is 1. The summed E-state index contributed by atoms with van der Waals surface area (Å²) in [6.07, 6.45) is 8.60. The predicted molar refractivity (Wildman–Crippen MR) is 251 cm³/mol. The minimum atomic E-state index is -4.34. The molecule has 2 N–H and O–H groups in total. The Bertz CT molecular complexity index is 2720. The quantitative estimate of drug-likeness (QED) is 0.116. The number of piperazine rings is 1. The van der Waals surface area contributed by atoms with Crippen LogP contribution in [0.2, 0.25) is 5.02 Å². The summed E-state index contributed by atoms with van der Waals surface area (Å²) in [5.41, 5.74) is 6.91. The minimum Gasteiger partial charge on any atom is -0.493 e. The second kappa shape index (κ2) is 18.5. The maximum absolute atomic E-state index is 14.1. The van der Waals surface area contributed by atoms with Gasteiger partial charge in [-0.15, -0.1) is 11.3 Å². The number of ether oxygens (including phenoxy) is 3. The van der Waals surface area contributed by atoms with E-state index >= 15 is 0 Å². The predicted octanol–water partition coefficient (Wildman–Crippen LogP) is 10.4. The van der Waals surface area contributed by atoms with Crippen molar-refractivity contribution in [2.45, 2.75) is 50.8 Å². The van der Waals surface area contributed by atoms with Crippen LogP contribution in [0, 0.1) is 11.3 Å². The van der Waals surface area contributed by atoms with E-state index in [9.17, 15) is 13.2 Å². The van der Waals surface area contributed by atoms with E-state index in [-0.39, 0.29) is 21.6 Å². The second-order valence-corrected chi connectivity index (χ2v) is 20.5. The van der Waals surface area contributed by atoms with E-state index in [0.717, 1.165) is 86.4 Å². The number of aromatic nitrogens is 2. The molecule has 6 aromatic rings. The number of anilines is 1. The number of aromatic amines is 1. The van der Waals surface area contributed by atoms with Crippen molar-refractivity contribution < 1.29 is 27.4 Å². The molecule has 0 saturated carbocycles. The van der Waals surface area contributed by atoms with Gasteiger partial charge in [0.05, 0.1) is 22.6 Å². The van der Waals surface area contributed by atoms with Crippen LogP contribution in [-0.2, 0) is 14.8 Å². The van der Waals surface area contributed by atoms with Crippen LogP contribution in [0.15, 0.2) is 113 Å². The van der Waals surface area contributed by atoms with E-state index in [0.29, 0.717) is 47.8 Å². The summed E-state index contributed by atoms with van der Waals surface area (Å²) < 4.78 is 48.5. The van der Waals surface area contributed by atoms with Gasteiger partial charge in [-0.1, -0.05) is 43.2 Å². The Kier molecular flexibility index (Phi) is 12.7. The van der Waals surface area contributed by atoms with Crippen molar-refractivity contribution in [3.63, 3.8) is 0 Å². The molecule has 3 aliphatic rings. The standard InChI is InChI=1S/C49H52ClN5O6S2/c1-49(2)17-13-36(43(30-49)34-3-5-37(50)6-4-34)31-54-20-22-55(23-21-54)38-7-10-41(46(28-38)61-39-8-11-44-35(27-39)14-18-51-44)47(56)53-63(57,58)40-9-12-45(42(29-40)48-52-19-26-62-48)60-32-33-15-24-59-25-16-33/h3-12,14,18-19,26-29,33,51H,13,15-17,20-25,30-32H2,1-2H3,(H,53,56). The number of sulfonamides is 1. The number of hydrogen-bond donors (Lipinski definition) is 2. The van der Waals surface area contributed by atoms with Gasteiger partial charge in [0.15, 0.2) is 0 Å². The molecule has 2 fully saturated rings. The number of thiazole rings is 1. The fourth-order valence-corrected chi connectivity index (χ4v) is 10.6. The molecule has 9 rings (SSSR count). The van der Waals surface area contributed by atoms with Crippen molar-refractivity contribution in [1.82, 2.24) is 19.6 Å². The lowest BCUT2D eigenvalue weighted by Gasteiger charge is -2.39. The highest BCUT2D eigenvalue weighted by molar-refractivity contribution is 7.90. The van der Waals surface area contributed by atoms with Gasteiger partial charge in [0, 0.05) is 91.4 Å². The second-order valence-electron chi connectivity index (χ2n) is 17.5. The van der Waals surface area contributed by atoms with Crippen LogP contribution in [0.3, 0.4) is 0 Å². The van der Waals surface area contributed by atoms with Gasteiger partial charge in [-0.3, -0.25) is 9.69 Å². The topological polar surface area (TPSA) is 126 Å². The van der Waals surface area contributed by atoms with E-state index in [1.54, 1.807) is 18.3 Å². The molecule has 14 heteroatoms. The molecule has 0 unspecified atom stereocenters. The molecular formula is C49H52ClN5O6S2. The van der Waals surface area contributed by atoms with Crippen LogP contribution in [0.4, 0.5) is 5.69 Å². The number of allylic oxidation sites excluding steroid dienone is 1. The van der Waals surface area contributed by atoms with Crippen LogP contribution in [0.5, 0.6) is 17.2 Å². The zero-order valence-electron chi connectivity index (χ0n) is 35.6. The molecule has 0 spiro atoms. The third-order valence-corrected chi connectivity index (χ3v) is 14.8. The highest BCUT2D eigenvalue weighted by atomic mass is 35.5. The first-order valence-corrected chi connectivity index (χ1v) is 24.4. The number of amides is 1. The lowest BCUT2D eigenvalue weighted by atomic mass is 9.72. The highest BCUT2D eigenvalue weighted by Crippen LogP contribution is 2.44. The lowest BCUT2D eigenvalue weighted by Crippen LogP contribution is -2.47. The number of hydrogen-bond acceptors (Lipinski definition) is 10. The van der Waals surface area contributed by atoms with E-state index in [1.165, 1.54) is 40.2 Å². The third-order valence-electron chi connectivity index (χ3n) is 12.5. The molecule has 2 saturated heterocycles. The molecule has 4 heterocycles. The monoisotopic (exact) mass is 905 g/mol. The van der Waals surface area contributed by atoms with Crippen molar-refractivity contribution in [3.8, 4) is 27.8 Å². The minimum absolute atomic E-state index is 0.0812. The zero-order valence-corrected chi connectivity index (χ0v) is 38.0. The fourth-order valence-electron chi connectivity index (χ4n) is 8.78. The number of carbonyl (C=O) groups is 1. The Hall–Kier alpha value is -5.18. The number of nitrogens with zero attached hydrogens (tertiary/aromatic N) is 3. The third kappa shape index (κ3) is 10.1. The maximum Gasteiger partial charge on any atom is 0.268 e. The molecule has 0 bridgehead atoms. The van der Waals surface area contributed by atoms with Crippen LogP contribution < -0.4 is 19.1 Å². The van der Waals surface area contributed by atoms with Crippen molar-refractivity contribution in [1.29, 1.82) is 0 Å². The van der Waals surface area contributed by atoms with Gasteiger partial charge in [0.25, 0.3) is 15.9 Å². The maximum atomic E-state index is 14.1. The Morgan fingerprint density at radius 1 is 0.968 bits per heavy atom. The Balaban J connectivity index is 0.942. The van der Waals surface area contributed by atoms with Crippen molar-refractivity contribution in [2.24, 2.45) is 11.3 Å². The van der Waals surface area contributed by atoms with Gasteiger partial charge in [-0.25, -0.2) is 18.1 Å². The number of benzene rings is 4. The van der Waals surface area contributed by atoms with Crippen molar-refractivity contribution in [3.05, 3.63) is 124 Å². The van der Waals surface area contributed by atoms with Gasteiger partial charge >= 0.3 is 0 Å². The molecule has 11 nitrogen and oxygen atoms in total. The first kappa shape index (κ1) is 43.1. The van der Waals surface area contributed by atoms with E-state index in [4.69, 9.17) is 25.8 Å². The number of rotatable bonds is 13. The molecule has 328 valence electrons. The fraction of sp³-hybridized carbons (Fsp3) is 0.347. The largest absolute Gasteiger partial charge is 0.493 e. The summed E-state index contributed by atoms with van der Waals surface area (Å²) in [7, 11) is -4.34. The molecule has 0 radical (unpaired) electrons. The molecule has 1 aliphatic carbocycles. The van der Waals surface area contributed by atoms with Crippen LogP contribution in [-0.4, -0.2) is 81.7 Å². The molecule has 63 heavy (non-hydrogen) atoms. The lowest BCUT2D eigenvalue weighted by molar-refractivity contribution is 0.0498. The van der Waals surface area contributed by atoms with Crippen LogP contribution in [0.25, 0.3) is 27.0 Å². The van der Waals surface area contributed by atoms with Gasteiger partial charge in [-0.05, 0) is 121 Å². The number of carbonyl (C=O) groups excluding carboxylic acids is 1. The first-order chi connectivity index (χ1) is 30.5. The Morgan fingerprint density at radius 2 is 1.78 bits per heavy atom. The summed E-state index contributed by atoms with van der Waals surface area (Å²) >= 11 is 7.64. The molecule has 2 aliphatic heterocycles. The van der Waals surface area contributed by atoms with Gasteiger partial charge in [-0.2, -0.15) is 0 Å². The molecular weight excluding hydrogens is 854 g/mol. The number of fused-ring (bicyclic) bond motifs is 1. The molecule has 1 amide bonds. The Morgan fingerprint density at radius 3 is 2.56 bits per heavy atom. The van der Waals surface area contributed by atoms with E-state index < -0.39 is 15.9 Å². The van der Waals surface area contributed by atoms with Gasteiger partial charge in [0.1, 0.15) is 22.3 Å². The summed E-state index contributed by atoms with van der Waals surface area (Å²) in [5.74, 6) is 0.840. The zero-order chi connectivity index (χ0) is 43.6. The number of nitrogens with one attached hydrogen (secondary N) is 2. The smallest absolute Gasteiger partial charge is 0.268 e.